The van der Waals surface area contributed by atoms with E-state index in [-0.39, 0.29) is 0 Å². The van der Waals surface area contributed by atoms with E-state index in [0.29, 0.717) is 0 Å². The van der Waals surface area contributed by atoms with Gasteiger partial charge in [0.2, 0.25) is 0 Å². The highest BCUT2D eigenvalue weighted by molar-refractivity contribution is 7.94. The van der Waals surface area contributed by atoms with Crippen molar-refractivity contribution in [1.29, 1.82) is 4.78 Å². The molecule has 0 amide bonds. The average Bonchev–Trinajstić information content (AvgIpc) is 2.49. The molecule has 0 radical (unpaired) electrons. The van der Waals surface area contributed by atoms with Gasteiger partial charge in [0.05, 0.1) is 0 Å². The molecule has 0 saturated carbocycles. The van der Waals surface area contributed by atoms with Gasteiger partial charge in [0.1, 0.15) is 0 Å². The molecule has 0 aliphatic carbocycles. The molecule has 0 aromatic heterocycles. The van der Waals surface area contributed by atoms with Crippen LogP contribution >= 0.6 is 0 Å². The van der Waals surface area contributed by atoms with Crippen molar-refractivity contribution < 1.29 is 0 Å². The smallest absolute Gasteiger partial charge is 0.0475 e. The van der Waals surface area contributed by atoms with Gasteiger partial charge in [-0.1, -0.05) is 49.7 Å². The van der Waals surface area contributed by atoms with Gasteiger partial charge in [0, 0.05) is 16.3 Å². The van der Waals surface area contributed by atoms with Crippen molar-refractivity contribution in [2.45, 2.75) is 29.6 Å². The molecule has 0 bridgehead atoms. The monoisotopic (exact) mass is 272 g/mol. The minimum absolute atomic E-state index is 0.763. The standard InChI is InChI=1S/C16H20N2S/c1-2-3-14-18-19(17,15-10-6-4-7-11-15)16-12-8-5-9-13-16/h4-13,17H,2-3,14H2,1H3. The highest BCUT2D eigenvalue weighted by Crippen LogP contribution is 2.24. The summed E-state index contributed by atoms with van der Waals surface area (Å²) < 4.78 is 13.6. The first-order valence-corrected chi connectivity index (χ1v) is 8.23. The fraction of sp³-hybridized carbons (Fsp3) is 0.250. The molecular formula is C16H20N2S. The molecular weight excluding hydrogens is 252 g/mol. The zero-order valence-electron chi connectivity index (χ0n) is 11.3. The number of hydrogen-bond acceptors (Lipinski definition) is 2. The molecule has 0 aliphatic heterocycles. The molecule has 19 heavy (non-hydrogen) atoms. The van der Waals surface area contributed by atoms with Gasteiger partial charge >= 0.3 is 0 Å². The van der Waals surface area contributed by atoms with Crippen molar-refractivity contribution in [3.05, 3.63) is 60.7 Å². The van der Waals surface area contributed by atoms with Crippen LogP contribution < -0.4 is 0 Å². The van der Waals surface area contributed by atoms with Crippen LogP contribution in [0, 0.1) is 4.78 Å². The number of nitrogens with zero attached hydrogens (tertiary/aromatic N) is 1. The van der Waals surface area contributed by atoms with Gasteiger partial charge < -0.3 is 0 Å². The summed E-state index contributed by atoms with van der Waals surface area (Å²) >= 11 is 0. The first kappa shape index (κ1) is 13.8. The lowest BCUT2D eigenvalue weighted by Gasteiger charge is -2.14. The van der Waals surface area contributed by atoms with Crippen LogP contribution in [0.3, 0.4) is 0 Å². The van der Waals surface area contributed by atoms with E-state index in [0.717, 1.165) is 29.2 Å². The highest BCUT2D eigenvalue weighted by atomic mass is 32.2. The Bertz CT molecular complexity index is 566. The van der Waals surface area contributed by atoms with Gasteiger partial charge in [-0.05, 0) is 40.3 Å². The lowest BCUT2D eigenvalue weighted by molar-refractivity contribution is 0.812. The molecule has 0 fully saturated rings. The molecule has 3 heteroatoms. The third-order valence-corrected chi connectivity index (χ3v) is 5.44. The van der Waals surface area contributed by atoms with Crippen molar-refractivity contribution in [3.63, 3.8) is 0 Å². The van der Waals surface area contributed by atoms with Gasteiger partial charge in [0.25, 0.3) is 0 Å². The second-order valence-corrected chi connectivity index (χ2v) is 6.77. The Balaban J connectivity index is 2.52. The zero-order valence-corrected chi connectivity index (χ0v) is 12.1. The second-order valence-electron chi connectivity index (χ2n) is 4.41. The maximum absolute atomic E-state index is 8.90. The summed E-state index contributed by atoms with van der Waals surface area (Å²) in [6.45, 7) is 2.92. The summed E-state index contributed by atoms with van der Waals surface area (Å²) in [6, 6.07) is 20.0. The molecule has 0 saturated heterocycles. The summed E-state index contributed by atoms with van der Waals surface area (Å²) in [5, 5.41) is 0. The van der Waals surface area contributed by atoms with Crippen molar-refractivity contribution >= 4 is 9.62 Å². The number of nitrogens with one attached hydrogen (secondary N) is 1. The van der Waals surface area contributed by atoms with Gasteiger partial charge in [0.15, 0.2) is 0 Å². The van der Waals surface area contributed by atoms with E-state index >= 15 is 0 Å². The number of rotatable bonds is 5. The molecule has 2 nitrogen and oxygen atoms in total. The van der Waals surface area contributed by atoms with Gasteiger partial charge in [-0.3, -0.25) is 4.78 Å². The van der Waals surface area contributed by atoms with E-state index in [9.17, 15) is 0 Å². The molecule has 0 atom stereocenters. The van der Waals surface area contributed by atoms with Crippen LogP contribution in [-0.4, -0.2) is 6.54 Å². The number of unbranched alkanes of at least 4 members (excludes halogenated alkanes) is 1. The topological polar surface area (TPSA) is 36.2 Å². The Kier molecular flexibility index (Phi) is 4.74. The Hall–Kier alpha value is -1.61. The van der Waals surface area contributed by atoms with Gasteiger partial charge in [-0.2, -0.15) is 0 Å². The normalized spacial score (nSPS) is 11.2. The molecule has 0 heterocycles. The number of hydrogen-bond donors (Lipinski definition) is 1. The molecule has 0 spiro atoms. The van der Waals surface area contributed by atoms with E-state index in [1.54, 1.807) is 0 Å². The van der Waals surface area contributed by atoms with Crippen LogP contribution in [0.2, 0.25) is 0 Å². The first-order valence-electron chi connectivity index (χ1n) is 6.64. The molecule has 0 aliphatic rings. The van der Waals surface area contributed by atoms with Gasteiger partial charge in [-0.25, -0.2) is 4.36 Å². The summed E-state index contributed by atoms with van der Waals surface area (Å²) in [5.74, 6) is 0. The summed E-state index contributed by atoms with van der Waals surface area (Å²) in [5.41, 5.74) is 0. The lowest BCUT2D eigenvalue weighted by atomic mass is 10.3. The minimum Gasteiger partial charge on any atom is -0.261 e. The van der Waals surface area contributed by atoms with E-state index in [1.807, 2.05) is 60.7 Å². The predicted molar refractivity (Wildman–Crippen MR) is 81.7 cm³/mol. The van der Waals surface area contributed by atoms with Crippen LogP contribution in [0.15, 0.2) is 74.8 Å². The molecule has 1 N–H and O–H groups in total. The molecule has 2 aromatic rings. The van der Waals surface area contributed by atoms with Crippen LogP contribution in [0.25, 0.3) is 0 Å². The predicted octanol–water partition coefficient (Wildman–Crippen LogP) is 5.00. The second kappa shape index (κ2) is 6.53. The zero-order chi connectivity index (χ0) is 13.6. The van der Waals surface area contributed by atoms with Crippen molar-refractivity contribution in [2.75, 3.05) is 6.54 Å². The Morgan fingerprint density at radius 1 is 0.895 bits per heavy atom. The summed E-state index contributed by atoms with van der Waals surface area (Å²) in [7, 11) is -1.99. The average molecular weight is 272 g/mol. The third-order valence-electron chi connectivity index (χ3n) is 2.97. The molecule has 2 rings (SSSR count). The van der Waals surface area contributed by atoms with E-state index < -0.39 is 9.62 Å². The SMILES string of the molecule is CCCCN=S(=N)(c1ccccc1)c1ccccc1. The van der Waals surface area contributed by atoms with Crippen LogP contribution in [0.1, 0.15) is 19.8 Å². The number of benzene rings is 2. The third kappa shape index (κ3) is 3.24. The summed E-state index contributed by atoms with van der Waals surface area (Å²) in [6.07, 6.45) is 2.16. The molecule has 0 unspecified atom stereocenters. The Labute approximate surface area is 116 Å². The van der Waals surface area contributed by atoms with Crippen LogP contribution in [0.5, 0.6) is 0 Å². The van der Waals surface area contributed by atoms with Crippen LogP contribution in [0.4, 0.5) is 0 Å². The van der Waals surface area contributed by atoms with Gasteiger partial charge in [-0.15, -0.1) is 0 Å². The van der Waals surface area contributed by atoms with Crippen molar-refractivity contribution in [2.24, 2.45) is 4.36 Å². The van der Waals surface area contributed by atoms with Crippen molar-refractivity contribution in [3.8, 4) is 0 Å². The molecule has 2 aromatic carbocycles. The fourth-order valence-electron chi connectivity index (χ4n) is 1.88. The Morgan fingerprint density at radius 3 is 1.79 bits per heavy atom. The minimum atomic E-state index is -1.99. The quantitative estimate of drug-likeness (QED) is 0.743. The lowest BCUT2D eigenvalue weighted by Crippen LogP contribution is -2.01. The van der Waals surface area contributed by atoms with Crippen molar-refractivity contribution in [1.82, 2.24) is 0 Å². The largest absolute Gasteiger partial charge is 0.261 e. The highest BCUT2D eigenvalue weighted by Gasteiger charge is 2.10. The van der Waals surface area contributed by atoms with E-state index in [4.69, 9.17) is 9.14 Å². The van der Waals surface area contributed by atoms with E-state index in [2.05, 4.69) is 6.92 Å². The molecule has 100 valence electrons. The summed E-state index contributed by atoms with van der Waals surface area (Å²) in [4.78, 5) is 2.02. The fourth-order valence-corrected chi connectivity index (χ4v) is 3.95. The first-order chi connectivity index (χ1) is 9.27. The Morgan fingerprint density at radius 2 is 1.37 bits per heavy atom. The maximum Gasteiger partial charge on any atom is 0.0475 e. The maximum atomic E-state index is 8.90. The van der Waals surface area contributed by atoms with E-state index in [1.165, 1.54) is 0 Å². The van der Waals surface area contributed by atoms with Crippen LogP contribution in [-0.2, 0) is 9.62 Å².